The zero-order chi connectivity index (χ0) is 32.8. The third-order valence-corrected chi connectivity index (χ3v) is 8.16. The molecule has 2 saturated heterocycles. The monoisotopic (exact) mass is 640 g/mol. The van der Waals surface area contributed by atoms with E-state index in [4.69, 9.17) is 47.3 Å². The van der Waals surface area contributed by atoms with Crippen LogP contribution in [-0.4, -0.2) is 156 Å². The fraction of sp³-hybridized carbons (Fsp3) is 0.920. The number of nitrogens with two attached hydrogens (primary N) is 4. The van der Waals surface area contributed by atoms with E-state index in [1.807, 2.05) is 0 Å². The highest BCUT2D eigenvalue weighted by Crippen LogP contribution is 2.35. The van der Waals surface area contributed by atoms with Gasteiger partial charge < -0.3 is 83.4 Å². The van der Waals surface area contributed by atoms with Crippen molar-refractivity contribution in [3.05, 3.63) is 0 Å². The molecule has 44 heavy (non-hydrogen) atoms. The van der Waals surface area contributed by atoms with Crippen LogP contribution in [0.4, 0.5) is 4.39 Å². The van der Waals surface area contributed by atoms with Gasteiger partial charge in [-0.05, 0) is 25.8 Å². The van der Waals surface area contributed by atoms with Gasteiger partial charge in [-0.3, -0.25) is 10.2 Å². The molecule has 0 aromatic carbocycles. The summed E-state index contributed by atoms with van der Waals surface area (Å²) in [5.41, 5.74) is 22.3. The third-order valence-electron chi connectivity index (χ3n) is 8.16. The highest BCUT2D eigenvalue weighted by Gasteiger charge is 2.52. The van der Waals surface area contributed by atoms with Gasteiger partial charge in [0.2, 0.25) is 5.91 Å². The number of alkyl halides is 1. The predicted molar refractivity (Wildman–Crippen MR) is 151 cm³/mol. The molecule has 2 heterocycles. The first-order chi connectivity index (χ1) is 20.8. The van der Waals surface area contributed by atoms with Crippen molar-refractivity contribution in [2.75, 3.05) is 33.4 Å². The number of nitrogens with one attached hydrogen (secondary N) is 4. The normalized spacial score (nSPS) is 41.9. The molecule has 17 N–H and O–H groups in total. The van der Waals surface area contributed by atoms with Crippen LogP contribution in [0.5, 0.6) is 0 Å². The lowest BCUT2D eigenvalue weighted by molar-refractivity contribution is -0.301. The molecule has 0 bridgehead atoms. The van der Waals surface area contributed by atoms with E-state index in [0.29, 0.717) is 0 Å². The summed E-state index contributed by atoms with van der Waals surface area (Å²) in [6.07, 6.45) is -13.9. The molecule has 14 atom stereocenters. The largest absolute Gasteiger partial charge is 0.394 e. The minimum atomic E-state index is -1.88. The lowest BCUT2D eigenvalue weighted by atomic mass is 9.77. The van der Waals surface area contributed by atoms with Gasteiger partial charge in [0.15, 0.2) is 18.5 Å². The van der Waals surface area contributed by atoms with E-state index in [1.165, 1.54) is 7.05 Å². The Labute approximate surface area is 254 Å². The fourth-order valence-electron chi connectivity index (χ4n) is 5.69. The van der Waals surface area contributed by atoms with E-state index in [-0.39, 0.29) is 51.3 Å². The number of hydrogen-bond acceptors (Lipinski definition) is 15. The average molecular weight is 641 g/mol. The molecule has 3 rings (SSSR count). The number of amides is 1. The number of guanidine groups is 1. The number of hydrogen-bond donors (Lipinski definition) is 13. The van der Waals surface area contributed by atoms with Gasteiger partial charge >= 0.3 is 0 Å². The number of carbonyl (C=O) groups excluding carboxylic acids is 1. The zero-order valence-electron chi connectivity index (χ0n) is 24.6. The second-order valence-corrected chi connectivity index (χ2v) is 11.7. The summed E-state index contributed by atoms with van der Waals surface area (Å²) in [5.74, 6) is -1.12. The topological polar surface area (TPSA) is 319 Å². The summed E-state index contributed by atoms with van der Waals surface area (Å²) < 4.78 is 38.9. The van der Waals surface area contributed by atoms with Gasteiger partial charge in [-0.25, -0.2) is 4.39 Å². The van der Waals surface area contributed by atoms with Gasteiger partial charge in [0.1, 0.15) is 36.7 Å². The Bertz CT molecular complexity index is 947. The molecule has 3 fully saturated rings. The molecule has 0 aromatic heterocycles. The van der Waals surface area contributed by atoms with Crippen LogP contribution in [0.1, 0.15) is 25.7 Å². The zero-order valence-corrected chi connectivity index (χ0v) is 24.6. The Morgan fingerprint density at radius 1 is 1.14 bits per heavy atom. The van der Waals surface area contributed by atoms with E-state index < -0.39 is 97.7 Å². The van der Waals surface area contributed by atoms with Crippen molar-refractivity contribution < 1.29 is 53.7 Å². The molecule has 256 valence electrons. The summed E-state index contributed by atoms with van der Waals surface area (Å²) in [5, 5.41) is 67.0. The lowest BCUT2D eigenvalue weighted by Crippen LogP contribution is -2.68. The Morgan fingerprint density at radius 2 is 1.82 bits per heavy atom. The number of aliphatic hydroxyl groups excluding tert-OH is 5. The van der Waals surface area contributed by atoms with Gasteiger partial charge in [-0.2, -0.15) is 0 Å². The van der Waals surface area contributed by atoms with E-state index in [0.717, 1.165) is 0 Å². The molecule has 18 nitrogen and oxygen atoms in total. The van der Waals surface area contributed by atoms with Gasteiger partial charge in [-0.1, -0.05) is 0 Å². The predicted octanol–water partition coefficient (Wildman–Crippen LogP) is -6.27. The van der Waals surface area contributed by atoms with Crippen molar-refractivity contribution in [2.24, 2.45) is 22.9 Å². The van der Waals surface area contributed by atoms with E-state index in [2.05, 4.69) is 16.0 Å². The summed E-state index contributed by atoms with van der Waals surface area (Å²) in [6, 6.07) is -3.17. The number of rotatable bonds is 12. The molecule has 1 saturated carbocycles. The Balaban J connectivity index is 1.80. The molecular formula is C25H49FN8O10. The van der Waals surface area contributed by atoms with Crippen LogP contribution in [0.2, 0.25) is 0 Å². The van der Waals surface area contributed by atoms with Crippen LogP contribution in [0.15, 0.2) is 0 Å². The van der Waals surface area contributed by atoms with Crippen molar-refractivity contribution in [2.45, 2.75) is 111 Å². The highest BCUT2D eigenvalue weighted by atomic mass is 19.1. The first-order valence-corrected chi connectivity index (χ1v) is 14.6. The number of carbonyl (C=O) groups is 1. The Kier molecular flexibility index (Phi) is 13.4. The maximum Gasteiger partial charge on any atom is 0.249 e. The van der Waals surface area contributed by atoms with Crippen molar-refractivity contribution >= 4 is 11.9 Å². The molecule has 0 aromatic rings. The molecule has 2 aliphatic heterocycles. The van der Waals surface area contributed by atoms with E-state index in [1.54, 1.807) is 0 Å². The fourth-order valence-corrected chi connectivity index (χ4v) is 5.69. The summed E-state index contributed by atoms with van der Waals surface area (Å²) in [4.78, 5) is 12.8. The van der Waals surface area contributed by atoms with Crippen LogP contribution in [-0.2, 0) is 23.7 Å². The minimum Gasteiger partial charge on any atom is -0.394 e. The standard InChI is InChI=1S/C25H49FN8O10/c1-32-24(30)34-17-18(38)16(8-35)43-23(19(17)39)44-20-10(26)5-25(31,6-12(20)33-21(40)13(36)2-3-27)9-41-22-11(29)4-14(37)15(7-28)42-22/h10-20,22-23,35-39H,2-9,27-29,31H2,1H3,(H,33,40)(H3,30,32,34)/t10?,11?,12-,13+,14+,15?,16-,17-,18?,19-,20?,22+,23?,25?/m1/s1. The number of ether oxygens (including phenoxy) is 4. The molecule has 1 aliphatic carbocycles. The summed E-state index contributed by atoms with van der Waals surface area (Å²) in [7, 11) is 1.43. The molecule has 3 aliphatic rings. The van der Waals surface area contributed by atoms with Crippen LogP contribution in [0, 0.1) is 5.41 Å². The van der Waals surface area contributed by atoms with Crippen molar-refractivity contribution in [3.8, 4) is 0 Å². The molecule has 0 radical (unpaired) electrons. The average Bonchev–Trinajstić information content (AvgIpc) is 2.97. The third kappa shape index (κ3) is 8.90. The van der Waals surface area contributed by atoms with Crippen molar-refractivity contribution in [1.29, 1.82) is 5.41 Å². The van der Waals surface area contributed by atoms with Gasteiger partial charge in [0, 0.05) is 25.6 Å². The Morgan fingerprint density at radius 3 is 2.43 bits per heavy atom. The van der Waals surface area contributed by atoms with Crippen LogP contribution in [0.3, 0.4) is 0 Å². The minimum absolute atomic E-state index is 0.00269. The molecule has 0 spiro atoms. The maximum atomic E-state index is 16.0. The van der Waals surface area contributed by atoms with Gasteiger partial charge in [-0.15, -0.1) is 0 Å². The first kappa shape index (κ1) is 36.6. The molecule has 19 heteroatoms. The van der Waals surface area contributed by atoms with E-state index in [9.17, 15) is 30.3 Å². The van der Waals surface area contributed by atoms with Gasteiger partial charge in [0.05, 0.1) is 43.5 Å². The van der Waals surface area contributed by atoms with Crippen LogP contribution >= 0.6 is 0 Å². The second-order valence-electron chi connectivity index (χ2n) is 11.7. The van der Waals surface area contributed by atoms with Crippen molar-refractivity contribution in [3.63, 3.8) is 0 Å². The first-order valence-electron chi connectivity index (χ1n) is 14.6. The summed E-state index contributed by atoms with van der Waals surface area (Å²) in [6.45, 7) is -0.946. The number of aliphatic hydroxyl groups is 5. The smallest absolute Gasteiger partial charge is 0.249 e. The Hall–Kier alpha value is -1.85. The van der Waals surface area contributed by atoms with Crippen LogP contribution < -0.4 is 38.9 Å². The molecule has 7 unspecified atom stereocenters. The van der Waals surface area contributed by atoms with Crippen LogP contribution in [0.25, 0.3) is 0 Å². The maximum absolute atomic E-state index is 16.0. The highest BCUT2D eigenvalue weighted by molar-refractivity contribution is 5.80. The summed E-state index contributed by atoms with van der Waals surface area (Å²) >= 11 is 0. The SMILES string of the molecule is CNC(=N)N[C@@H]1C(O)[C@@H](CO)OC(OC2C(F)CC(N)(CO[C@H]3OC(CN)[C@@H](O)CC3N)C[C@H]2NC(=O)[C@@H](O)CCN)[C@@H]1O. The van der Waals surface area contributed by atoms with Crippen molar-refractivity contribution in [1.82, 2.24) is 16.0 Å². The molecule has 1 amide bonds. The quantitative estimate of drug-likeness (QED) is 0.0697. The van der Waals surface area contributed by atoms with E-state index >= 15 is 4.39 Å². The van der Waals surface area contributed by atoms with Gasteiger partial charge in [0.25, 0.3) is 0 Å². The number of halogens is 1. The second kappa shape index (κ2) is 16.1. The lowest BCUT2D eigenvalue weighted by Gasteiger charge is -2.48. The molecular weight excluding hydrogens is 591 g/mol.